The van der Waals surface area contributed by atoms with Gasteiger partial charge >= 0.3 is 0 Å². The number of benzene rings is 2. The maximum atomic E-state index is 12.4. The van der Waals surface area contributed by atoms with Gasteiger partial charge < -0.3 is 5.32 Å². The van der Waals surface area contributed by atoms with E-state index in [0.29, 0.717) is 10.8 Å². The minimum Gasteiger partial charge on any atom is -0.338 e. The fourth-order valence-corrected chi connectivity index (χ4v) is 3.72. The van der Waals surface area contributed by atoms with Crippen molar-refractivity contribution >= 4 is 38.9 Å². The lowest BCUT2D eigenvalue weighted by molar-refractivity contribution is 0.601. The molecule has 0 aliphatic heterocycles. The quantitative estimate of drug-likeness (QED) is 0.681. The molecule has 0 aliphatic rings. The Morgan fingerprint density at radius 3 is 2.12 bits per heavy atom. The highest BCUT2D eigenvalue weighted by Crippen LogP contribution is 2.24. The van der Waals surface area contributed by atoms with Crippen LogP contribution in [0.15, 0.2) is 59.5 Å². The number of sulfonamides is 1. The van der Waals surface area contributed by atoms with Crippen LogP contribution in [0.4, 0.5) is 17.3 Å². The molecule has 0 fully saturated rings. The first-order valence-corrected chi connectivity index (χ1v) is 9.66. The molecule has 0 unspecified atom stereocenters. The van der Waals surface area contributed by atoms with Crippen molar-refractivity contribution < 1.29 is 8.42 Å². The van der Waals surface area contributed by atoms with Crippen LogP contribution in [0, 0.1) is 13.8 Å². The van der Waals surface area contributed by atoms with E-state index < -0.39 is 10.0 Å². The monoisotopic (exact) mass is 388 g/mol. The van der Waals surface area contributed by atoms with Crippen LogP contribution in [-0.4, -0.2) is 18.6 Å². The van der Waals surface area contributed by atoms with Crippen molar-refractivity contribution in [3.63, 3.8) is 0 Å². The SMILES string of the molecule is Cc1cccc(C)c1Nc1ccc(NS(=O)(=O)c2cccc(Cl)c2)nn1. The zero-order valence-corrected chi connectivity index (χ0v) is 15.8. The van der Waals surface area contributed by atoms with Gasteiger partial charge in [0, 0.05) is 10.7 Å². The van der Waals surface area contributed by atoms with Crippen LogP contribution in [0.1, 0.15) is 11.1 Å². The van der Waals surface area contributed by atoms with E-state index in [1.165, 1.54) is 12.1 Å². The van der Waals surface area contributed by atoms with Crippen molar-refractivity contribution in [1.82, 2.24) is 10.2 Å². The van der Waals surface area contributed by atoms with Gasteiger partial charge in [0.1, 0.15) is 0 Å². The molecular weight excluding hydrogens is 372 g/mol. The van der Waals surface area contributed by atoms with E-state index in [-0.39, 0.29) is 10.7 Å². The van der Waals surface area contributed by atoms with E-state index >= 15 is 0 Å². The van der Waals surface area contributed by atoms with E-state index in [4.69, 9.17) is 11.6 Å². The summed E-state index contributed by atoms with van der Waals surface area (Å²) in [5.41, 5.74) is 3.11. The molecule has 2 aromatic carbocycles. The second kappa shape index (κ2) is 7.31. The number of nitrogens with zero attached hydrogens (tertiary/aromatic N) is 2. The van der Waals surface area contributed by atoms with Crippen LogP contribution in [0.3, 0.4) is 0 Å². The van der Waals surface area contributed by atoms with Crippen molar-refractivity contribution in [3.8, 4) is 0 Å². The Kier molecular flexibility index (Phi) is 5.11. The molecule has 0 aliphatic carbocycles. The number of rotatable bonds is 5. The second-order valence-corrected chi connectivity index (χ2v) is 7.88. The molecule has 2 N–H and O–H groups in total. The van der Waals surface area contributed by atoms with Crippen LogP contribution in [0.2, 0.25) is 5.02 Å². The number of halogens is 1. The minimum atomic E-state index is -3.78. The third-order valence-electron chi connectivity index (χ3n) is 3.74. The van der Waals surface area contributed by atoms with Gasteiger partial charge in [-0.1, -0.05) is 35.9 Å². The van der Waals surface area contributed by atoms with Gasteiger partial charge in [-0.05, 0) is 55.3 Å². The van der Waals surface area contributed by atoms with Gasteiger partial charge in [0.15, 0.2) is 11.6 Å². The number of para-hydroxylation sites is 1. The van der Waals surface area contributed by atoms with Crippen molar-refractivity contribution in [2.24, 2.45) is 0 Å². The molecule has 0 saturated heterocycles. The zero-order chi connectivity index (χ0) is 18.7. The van der Waals surface area contributed by atoms with Crippen molar-refractivity contribution in [1.29, 1.82) is 0 Å². The standard InChI is InChI=1S/C18H17ClN4O2S/c1-12-5-3-6-13(2)18(12)20-16-9-10-17(22-21-16)23-26(24,25)15-8-4-7-14(19)11-15/h3-11H,1-2H3,(H,20,21)(H,22,23). The first kappa shape index (κ1) is 18.2. The van der Waals surface area contributed by atoms with Gasteiger partial charge in [-0.3, -0.25) is 4.72 Å². The molecule has 0 radical (unpaired) electrons. The Labute approximate surface area is 157 Å². The molecule has 0 atom stereocenters. The third kappa shape index (κ3) is 4.12. The lowest BCUT2D eigenvalue weighted by atomic mass is 10.1. The van der Waals surface area contributed by atoms with E-state index in [9.17, 15) is 8.42 Å². The third-order valence-corrected chi connectivity index (χ3v) is 5.33. The first-order valence-electron chi connectivity index (χ1n) is 7.80. The summed E-state index contributed by atoms with van der Waals surface area (Å²) in [5, 5.41) is 11.5. The van der Waals surface area contributed by atoms with Gasteiger partial charge in [-0.15, -0.1) is 10.2 Å². The van der Waals surface area contributed by atoms with Crippen LogP contribution in [0.5, 0.6) is 0 Å². The van der Waals surface area contributed by atoms with Gasteiger partial charge in [0.05, 0.1) is 4.90 Å². The number of nitrogens with one attached hydrogen (secondary N) is 2. The number of anilines is 3. The fourth-order valence-electron chi connectivity index (χ4n) is 2.42. The molecular formula is C18H17ClN4O2S. The van der Waals surface area contributed by atoms with E-state index in [1.807, 2.05) is 32.0 Å². The second-order valence-electron chi connectivity index (χ2n) is 5.76. The predicted octanol–water partition coefficient (Wildman–Crippen LogP) is 4.29. The van der Waals surface area contributed by atoms with Gasteiger partial charge in [0.2, 0.25) is 0 Å². The summed E-state index contributed by atoms with van der Waals surface area (Å²) < 4.78 is 27.1. The van der Waals surface area contributed by atoms with Crippen molar-refractivity contribution in [2.45, 2.75) is 18.7 Å². The number of aryl methyl sites for hydroxylation is 2. The van der Waals surface area contributed by atoms with Crippen molar-refractivity contribution in [2.75, 3.05) is 10.0 Å². The minimum absolute atomic E-state index is 0.0598. The van der Waals surface area contributed by atoms with Crippen LogP contribution < -0.4 is 10.0 Å². The zero-order valence-electron chi connectivity index (χ0n) is 14.2. The smallest absolute Gasteiger partial charge is 0.263 e. The van der Waals surface area contributed by atoms with Gasteiger partial charge in [-0.2, -0.15) is 0 Å². The summed E-state index contributed by atoms with van der Waals surface area (Å²) in [6.07, 6.45) is 0. The number of aromatic nitrogens is 2. The van der Waals surface area contributed by atoms with Crippen LogP contribution in [-0.2, 0) is 10.0 Å². The molecule has 1 heterocycles. The summed E-state index contributed by atoms with van der Waals surface area (Å²) in [4.78, 5) is 0.0598. The summed E-state index contributed by atoms with van der Waals surface area (Å²) in [5.74, 6) is 0.644. The maximum Gasteiger partial charge on any atom is 0.263 e. The molecule has 8 heteroatoms. The molecule has 0 amide bonds. The van der Waals surface area contributed by atoms with E-state index in [0.717, 1.165) is 16.8 Å². The lowest BCUT2D eigenvalue weighted by Crippen LogP contribution is -2.14. The molecule has 0 bridgehead atoms. The van der Waals surface area contributed by atoms with Crippen LogP contribution >= 0.6 is 11.6 Å². The molecule has 0 spiro atoms. The number of hydrogen-bond acceptors (Lipinski definition) is 5. The largest absolute Gasteiger partial charge is 0.338 e. The van der Waals surface area contributed by atoms with Gasteiger partial charge in [0.25, 0.3) is 10.0 Å². The first-order chi connectivity index (χ1) is 12.3. The molecule has 26 heavy (non-hydrogen) atoms. The molecule has 6 nitrogen and oxygen atoms in total. The topological polar surface area (TPSA) is 84.0 Å². The average molecular weight is 389 g/mol. The summed E-state index contributed by atoms with van der Waals surface area (Å²) >= 11 is 5.85. The predicted molar refractivity (Wildman–Crippen MR) is 103 cm³/mol. The lowest BCUT2D eigenvalue weighted by Gasteiger charge is -2.12. The van der Waals surface area contributed by atoms with Gasteiger partial charge in [-0.25, -0.2) is 8.42 Å². The molecule has 0 saturated carbocycles. The Morgan fingerprint density at radius 1 is 0.885 bits per heavy atom. The Hall–Kier alpha value is -2.64. The highest BCUT2D eigenvalue weighted by Gasteiger charge is 2.15. The maximum absolute atomic E-state index is 12.4. The summed E-state index contributed by atoms with van der Waals surface area (Å²) in [6, 6.07) is 15.2. The fraction of sp³-hybridized carbons (Fsp3) is 0.111. The van der Waals surface area contributed by atoms with Crippen LogP contribution in [0.25, 0.3) is 0 Å². The Balaban J connectivity index is 1.78. The highest BCUT2D eigenvalue weighted by molar-refractivity contribution is 7.92. The van der Waals surface area contributed by atoms with Crippen molar-refractivity contribution in [3.05, 3.63) is 70.7 Å². The Bertz CT molecular complexity index is 1020. The van der Waals surface area contributed by atoms with E-state index in [2.05, 4.69) is 20.2 Å². The molecule has 3 rings (SSSR count). The molecule has 134 valence electrons. The highest BCUT2D eigenvalue weighted by atomic mass is 35.5. The summed E-state index contributed by atoms with van der Waals surface area (Å²) in [6.45, 7) is 3.99. The normalized spacial score (nSPS) is 11.2. The van der Waals surface area contributed by atoms with E-state index in [1.54, 1.807) is 24.3 Å². The average Bonchev–Trinajstić information content (AvgIpc) is 2.59. The number of hydrogen-bond donors (Lipinski definition) is 2. The Morgan fingerprint density at radius 2 is 1.50 bits per heavy atom. The molecule has 1 aromatic heterocycles. The summed E-state index contributed by atoms with van der Waals surface area (Å²) in [7, 11) is -3.78. The molecule has 3 aromatic rings.